The zero-order chi connectivity index (χ0) is 19.0. The monoisotopic (exact) mass is 391 g/mol. The van der Waals surface area contributed by atoms with Gasteiger partial charge in [-0.15, -0.1) is 0 Å². The third-order valence-electron chi connectivity index (χ3n) is 6.81. The fourth-order valence-corrected chi connectivity index (χ4v) is 5.64. The van der Waals surface area contributed by atoms with Gasteiger partial charge in [-0.1, -0.05) is 23.8 Å². The molecule has 140 valence electrons. The number of carbonyl (C=O) groups excluding carboxylic acids is 2. The molecule has 3 fully saturated rings. The molecule has 4 nitrogen and oxygen atoms in total. The lowest BCUT2D eigenvalue weighted by Crippen LogP contribution is -2.40. The van der Waals surface area contributed by atoms with Crippen LogP contribution in [0.5, 0.6) is 11.5 Å². The Hall–Kier alpha value is -2.59. The van der Waals surface area contributed by atoms with Crippen LogP contribution in [0.3, 0.4) is 0 Å². The zero-order valence-electron chi connectivity index (χ0n) is 15.0. The minimum atomic E-state index is -0.170. The average molecular weight is 392 g/mol. The topological polar surface area (TPSA) is 46.6 Å². The molecule has 1 aliphatic heterocycles. The van der Waals surface area contributed by atoms with Crippen LogP contribution in [0.15, 0.2) is 60.7 Å². The summed E-state index contributed by atoms with van der Waals surface area (Å²) in [5.74, 6) is 2.63. The third kappa shape index (κ3) is 2.24. The first-order chi connectivity index (χ1) is 13.6. The van der Waals surface area contributed by atoms with Gasteiger partial charge in [0.1, 0.15) is 11.5 Å². The summed E-state index contributed by atoms with van der Waals surface area (Å²) in [5.41, 5.74) is 0.626. The Bertz CT molecular complexity index is 977. The molecule has 6 atom stereocenters. The van der Waals surface area contributed by atoms with Crippen LogP contribution in [-0.4, -0.2) is 11.8 Å². The molecule has 5 heteroatoms. The van der Waals surface area contributed by atoms with Crippen LogP contribution < -0.4 is 9.64 Å². The Morgan fingerprint density at radius 2 is 1.29 bits per heavy atom. The molecule has 1 saturated heterocycles. The Morgan fingerprint density at radius 1 is 0.786 bits per heavy atom. The first kappa shape index (κ1) is 16.4. The normalized spacial score (nSPS) is 34.4. The fourth-order valence-electron chi connectivity index (χ4n) is 5.51. The molecule has 0 N–H and O–H groups in total. The number of allylic oxidation sites excluding steroid dienone is 2. The number of carbonyl (C=O) groups is 2. The van der Waals surface area contributed by atoms with Gasteiger partial charge >= 0.3 is 0 Å². The zero-order valence-corrected chi connectivity index (χ0v) is 15.8. The highest BCUT2D eigenvalue weighted by atomic mass is 35.5. The Kier molecular flexibility index (Phi) is 3.34. The van der Waals surface area contributed by atoms with Crippen molar-refractivity contribution in [3.63, 3.8) is 0 Å². The Balaban J connectivity index is 1.26. The summed E-state index contributed by atoms with van der Waals surface area (Å²) in [4.78, 5) is 27.7. The molecule has 0 aromatic heterocycles. The van der Waals surface area contributed by atoms with Crippen LogP contribution in [0, 0.1) is 35.5 Å². The summed E-state index contributed by atoms with van der Waals surface area (Å²) in [5, 5.41) is 0.649. The van der Waals surface area contributed by atoms with Crippen molar-refractivity contribution in [3.8, 4) is 11.5 Å². The van der Waals surface area contributed by atoms with Gasteiger partial charge in [0, 0.05) is 5.02 Å². The SMILES string of the molecule is O=C1[C@@H]2[C@@H]3C=C[C@H]([C@H]4C[C@H]34)[C@H]2C(=O)N1c1ccc(Oc2ccc(Cl)cc2)cc1. The molecule has 0 unspecified atom stereocenters. The predicted molar refractivity (Wildman–Crippen MR) is 105 cm³/mol. The van der Waals surface area contributed by atoms with Crippen molar-refractivity contribution < 1.29 is 14.3 Å². The van der Waals surface area contributed by atoms with E-state index in [2.05, 4.69) is 12.2 Å². The highest BCUT2D eigenvalue weighted by molar-refractivity contribution is 6.30. The van der Waals surface area contributed by atoms with Gasteiger partial charge in [0.2, 0.25) is 11.8 Å². The fraction of sp³-hybridized carbons (Fsp3) is 0.304. The second-order valence-corrected chi connectivity index (χ2v) is 8.65. The molecule has 4 aliphatic carbocycles. The summed E-state index contributed by atoms with van der Waals surface area (Å²) < 4.78 is 5.81. The van der Waals surface area contributed by atoms with E-state index < -0.39 is 0 Å². The molecular formula is C23H18ClNO3. The molecule has 1 heterocycles. The lowest BCUT2D eigenvalue weighted by molar-refractivity contribution is -0.124. The molecule has 28 heavy (non-hydrogen) atoms. The number of benzene rings is 2. The predicted octanol–water partition coefficient (Wildman–Crippen LogP) is 4.69. The number of imide groups is 1. The maximum absolute atomic E-state index is 13.1. The first-order valence-electron chi connectivity index (χ1n) is 9.71. The van der Waals surface area contributed by atoms with Gasteiger partial charge in [-0.3, -0.25) is 14.5 Å². The van der Waals surface area contributed by atoms with Crippen molar-refractivity contribution in [1.82, 2.24) is 0 Å². The Labute approximate surface area is 167 Å². The number of anilines is 1. The number of amides is 2. The third-order valence-corrected chi connectivity index (χ3v) is 7.06. The summed E-state index contributed by atoms with van der Waals surface area (Å²) in [6.07, 6.45) is 5.56. The minimum absolute atomic E-state index is 0.0360. The van der Waals surface area contributed by atoms with Crippen LogP contribution in [-0.2, 0) is 9.59 Å². The van der Waals surface area contributed by atoms with Gasteiger partial charge in [-0.05, 0) is 78.6 Å². The van der Waals surface area contributed by atoms with E-state index in [-0.39, 0.29) is 35.5 Å². The molecule has 2 aromatic rings. The van der Waals surface area contributed by atoms with Crippen molar-refractivity contribution in [2.24, 2.45) is 35.5 Å². The lowest BCUT2D eigenvalue weighted by atomic mass is 9.63. The molecule has 2 aromatic carbocycles. The van der Waals surface area contributed by atoms with E-state index >= 15 is 0 Å². The van der Waals surface area contributed by atoms with Crippen LogP contribution in [0.4, 0.5) is 5.69 Å². The van der Waals surface area contributed by atoms with E-state index in [0.29, 0.717) is 34.0 Å². The number of ether oxygens (including phenoxy) is 1. The highest BCUT2D eigenvalue weighted by Crippen LogP contribution is 2.65. The van der Waals surface area contributed by atoms with Gasteiger partial charge in [-0.25, -0.2) is 0 Å². The van der Waals surface area contributed by atoms with Crippen LogP contribution in [0.1, 0.15) is 6.42 Å². The number of hydrogen-bond acceptors (Lipinski definition) is 3. The van der Waals surface area contributed by atoms with Gasteiger partial charge in [0.25, 0.3) is 0 Å². The van der Waals surface area contributed by atoms with Crippen LogP contribution >= 0.6 is 11.6 Å². The van der Waals surface area contributed by atoms with E-state index in [9.17, 15) is 9.59 Å². The van der Waals surface area contributed by atoms with E-state index in [1.54, 1.807) is 48.5 Å². The summed E-state index contributed by atoms with van der Waals surface area (Å²) in [6.45, 7) is 0. The largest absolute Gasteiger partial charge is 0.457 e. The van der Waals surface area contributed by atoms with E-state index in [0.717, 1.165) is 0 Å². The summed E-state index contributed by atoms with van der Waals surface area (Å²) in [7, 11) is 0. The number of halogens is 1. The molecule has 5 aliphatic rings. The quantitative estimate of drug-likeness (QED) is 0.563. The van der Waals surface area contributed by atoms with Crippen molar-refractivity contribution >= 4 is 29.1 Å². The van der Waals surface area contributed by atoms with Gasteiger partial charge in [-0.2, -0.15) is 0 Å². The van der Waals surface area contributed by atoms with Crippen molar-refractivity contribution in [2.75, 3.05) is 4.90 Å². The second kappa shape index (κ2) is 5.71. The number of hydrogen-bond donors (Lipinski definition) is 0. The maximum Gasteiger partial charge on any atom is 0.238 e. The number of nitrogens with zero attached hydrogens (tertiary/aromatic N) is 1. The molecular weight excluding hydrogens is 374 g/mol. The summed E-state index contributed by atoms with van der Waals surface area (Å²) >= 11 is 5.89. The van der Waals surface area contributed by atoms with Gasteiger partial charge in [0.05, 0.1) is 17.5 Å². The first-order valence-corrected chi connectivity index (χ1v) is 10.1. The van der Waals surface area contributed by atoms with E-state index in [1.807, 2.05) is 0 Å². The average Bonchev–Trinajstić information content (AvgIpc) is 3.49. The molecule has 2 amide bonds. The van der Waals surface area contributed by atoms with Crippen molar-refractivity contribution in [3.05, 3.63) is 65.7 Å². The van der Waals surface area contributed by atoms with Gasteiger partial charge in [0.15, 0.2) is 0 Å². The smallest absolute Gasteiger partial charge is 0.238 e. The van der Waals surface area contributed by atoms with Gasteiger partial charge < -0.3 is 4.74 Å². The van der Waals surface area contributed by atoms with E-state index in [1.165, 1.54) is 11.3 Å². The molecule has 7 rings (SSSR count). The maximum atomic E-state index is 13.1. The second-order valence-electron chi connectivity index (χ2n) is 8.22. The summed E-state index contributed by atoms with van der Waals surface area (Å²) in [6, 6.07) is 14.3. The van der Waals surface area contributed by atoms with Crippen LogP contribution in [0.2, 0.25) is 5.02 Å². The highest BCUT2D eigenvalue weighted by Gasteiger charge is 2.67. The minimum Gasteiger partial charge on any atom is -0.457 e. The molecule has 0 radical (unpaired) electrons. The Morgan fingerprint density at radius 3 is 1.82 bits per heavy atom. The van der Waals surface area contributed by atoms with Crippen LogP contribution in [0.25, 0.3) is 0 Å². The molecule has 0 spiro atoms. The molecule has 2 saturated carbocycles. The van der Waals surface area contributed by atoms with Crippen molar-refractivity contribution in [2.45, 2.75) is 6.42 Å². The molecule has 2 bridgehead atoms. The lowest BCUT2D eigenvalue weighted by Gasteiger charge is -2.37. The van der Waals surface area contributed by atoms with E-state index in [4.69, 9.17) is 16.3 Å². The van der Waals surface area contributed by atoms with Crippen molar-refractivity contribution in [1.29, 1.82) is 0 Å². The standard InChI is InChI=1S/C23H18ClNO3/c24-12-1-5-14(6-2-12)28-15-7-3-13(4-8-15)25-22(26)20-16-9-10-17(19-11-18(16)19)21(20)23(25)27/h1-10,16-21H,11H2/t16-,17-,18-,19-,20-,21-/m1/s1. The number of rotatable bonds is 3.